The molecule has 0 amide bonds. The third-order valence-corrected chi connectivity index (χ3v) is 8.56. The van der Waals surface area contributed by atoms with Crippen LogP contribution in [-0.2, 0) is 0 Å². The summed E-state index contributed by atoms with van der Waals surface area (Å²) in [6.07, 6.45) is 7.87. The number of hydrogen-bond acceptors (Lipinski definition) is 2. The Morgan fingerprint density at radius 2 is 1.77 bits per heavy atom. The van der Waals surface area contributed by atoms with Crippen LogP contribution in [0.5, 0.6) is 0 Å². The van der Waals surface area contributed by atoms with Crippen molar-refractivity contribution in [3.05, 3.63) is 12.7 Å². The molecule has 0 aliphatic heterocycles. The summed E-state index contributed by atoms with van der Waals surface area (Å²) in [5, 5.41) is 22.4. The molecule has 0 spiro atoms. The molecule has 3 aliphatic rings. The van der Waals surface area contributed by atoms with E-state index in [2.05, 4.69) is 34.3 Å². The Bertz CT molecular complexity index is 461. The van der Waals surface area contributed by atoms with E-state index in [0.29, 0.717) is 18.3 Å². The van der Waals surface area contributed by atoms with E-state index in [9.17, 15) is 10.2 Å². The van der Waals surface area contributed by atoms with Crippen molar-refractivity contribution in [1.82, 2.24) is 0 Å². The molecule has 2 heteroatoms. The van der Waals surface area contributed by atoms with E-state index in [4.69, 9.17) is 0 Å². The van der Waals surface area contributed by atoms with Gasteiger partial charge in [-0.1, -0.05) is 40.2 Å². The predicted molar refractivity (Wildman–Crippen MR) is 90.4 cm³/mol. The number of aliphatic hydroxyl groups is 2. The van der Waals surface area contributed by atoms with Gasteiger partial charge in [-0.05, 0) is 60.7 Å². The lowest BCUT2D eigenvalue weighted by molar-refractivity contribution is -0.189. The topological polar surface area (TPSA) is 40.5 Å². The summed E-state index contributed by atoms with van der Waals surface area (Å²) in [6, 6.07) is 0. The maximum atomic E-state index is 11.2. The van der Waals surface area contributed by atoms with Crippen LogP contribution in [0.15, 0.2) is 12.7 Å². The standard InChI is InChI=1S/C20H34O2/c1-6-18(4)12-16(21)19(5)13(2)9-11-20(14(3)17(18)22)10-7-8-15(19)20/h6,13-17,21-22H,1,7-12H2,2-5H3/t13-,14+,15-,16-,17+,18-,19-,20-/m1/s1. The van der Waals surface area contributed by atoms with Gasteiger partial charge in [0.05, 0.1) is 12.2 Å². The number of hydrogen-bond donors (Lipinski definition) is 2. The third-order valence-electron chi connectivity index (χ3n) is 8.56. The summed E-state index contributed by atoms with van der Waals surface area (Å²) in [6.45, 7) is 13.0. The normalized spacial score (nSPS) is 58.5. The van der Waals surface area contributed by atoms with Crippen molar-refractivity contribution in [1.29, 1.82) is 0 Å². The van der Waals surface area contributed by atoms with Gasteiger partial charge in [-0.3, -0.25) is 0 Å². The predicted octanol–water partition coefficient (Wildman–Crippen LogP) is 4.16. The number of rotatable bonds is 1. The first-order valence-corrected chi connectivity index (χ1v) is 9.22. The molecule has 0 saturated heterocycles. The summed E-state index contributed by atoms with van der Waals surface area (Å²) in [5.41, 5.74) is -0.197. The second-order valence-corrected chi connectivity index (χ2v) is 9.15. The summed E-state index contributed by atoms with van der Waals surface area (Å²) in [7, 11) is 0. The highest BCUT2D eigenvalue weighted by molar-refractivity contribution is 5.15. The molecule has 0 aromatic carbocycles. The van der Waals surface area contributed by atoms with E-state index < -0.39 is 11.5 Å². The lowest BCUT2D eigenvalue weighted by Gasteiger charge is -2.62. The molecular formula is C20H34O2. The van der Waals surface area contributed by atoms with Crippen LogP contribution in [0.4, 0.5) is 0 Å². The fraction of sp³-hybridized carbons (Fsp3) is 0.900. The average molecular weight is 306 g/mol. The van der Waals surface area contributed by atoms with Gasteiger partial charge in [-0.25, -0.2) is 0 Å². The van der Waals surface area contributed by atoms with Gasteiger partial charge in [0, 0.05) is 5.41 Å². The summed E-state index contributed by atoms with van der Waals surface area (Å²) >= 11 is 0. The molecule has 3 fully saturated rings. The minimum Gasteiger partial charge on any atom is -0.393 e. The lowest BCUT2D eigenvalue weighted by atomic mass is 9.44. The van der Waals surface area contributed by atoms with Crippen LogP contribution in [0.1, 0.15) is 66.2 Å². The van der Waals surface area contributed by atoms with Crippen LogP contribution in [-0.4, -0.2) is 22.4 Å². The van der Waals surface area contributed by atoms with E-state index in [0.717, 1.165) is 0 Å². The van der Waals surface area contributed by atoms with Crippen molar-refractivity contribution in [2.45, 2.75) is 78.4 Å². The minimum atomic E-state index is -0.404. The van der Waals surface area contributed by atoms with Crippen molar-refractivity contribution < 1.29 is 10.2 Å². The van der Waals surface area contributed by atoms with Crippen molar-refractivity contribution in [2.75, 3.05) is 0 Å². The highest BCUT2D eigenvalue weighted by atomic mass is 16.3. The van der Waals surface area contributed by atoms with Gasteiger partial charge in [-0.2, -0.15) is 0 Å². The molecule has 3 saturated carbocycles. The van der Waals surface area contributed by atoms with E-state index >= 15 is 0 Å². The van der Waals surface area contributed by atoms with Crippen LogP contribution in [0, 0.1) is 34.0 Å². The summed E-state index contributed by atoms with van der Waals surface area (Å²) in [5.74, 6) is 1.38. The molecule has 22 heavy (non-hydrogen) atoms. The molecule has 0 radical (unpaired) electrons. The van der Waals surface area contributed by atoms with Crippen LogP contribution in [0.3, 0.4) is 0 Å². The maximum absolute atomic E-state index is 11.2. The highest BCUT2D eigenvalue weighted by Gasteiger charge is 2.64. The summed E-state index contributed by atoms with van der Waals surface area (Å²) < 4.78 is 0. The monoisotopic (exact) mass is 306 g/mol. The van der Waals surface area contributed by atoms with Crippen LogP contribution in [0.2, 0.25) is 0 Å². The van der Waals surface area contributed by atoms with E-state index in [1.807, 2.05) is 6.08 Å². The van der Waals surface area contributed by atoms with Crippen LogP contribution >= 0.6 is 0 Å². The minimum absolute atomic E-state index is 0.0204. The first-order valence-electron chi connectivity index (χ1n) is 9.22. The highest BCUT2D eigenvalue weighted by Crippen LogP contribution is 2.68. The van der Waals surface area contributed by atoms with Gasteiger partial charge in [0.25, 0.3) is 0 Å². The molecule has 3 aliphatic carbocycles. The molecule has 0 unspecified atom stereocenters. The van der Waals surface area contributed by atoms with Crippen molar-refractivity contribution >= 4 is 0 Å². The second-order valence-electron chi connectivity index (χ2n) is 9.15. The fourth-order valence-electron chi connectivity index (χ4n) is 6.65. The van der Waals surface area contributed by atoms with Gasteiger partial charge in [-0.15, -0.1) is 6.58 Å². The SMILES string of the molecule is C=C[C@]1(C)C[C@@H](O)[C@]2(C)[C@H](C)CC[C@]3(CCC[C@@H]32)[C@@H](C)[C@@H]1O. The number of aliphatic hydroxyl groups excluding tert-OH is 2. The molecule has 0 aromatic heterocycles. The molecule has 126 valence electrons. The maximum Gasteiger partial charge on any atom is 0.0659 e. The van der Waals surface area contributed by atoms with Gasteiger partial charge >= 0.3 is 0 Å². The zero-order valence-corrected chi connectivity index (χ0v) is 14.8. The van der Waals surface area contributed by atoms with Crippen molar-refractivity contribution in [2.24, 2.45) is 34.0 Å². The van der Waals surface area contributed by atoms with Gasteiger partial charge in [0.15, 0.2) is 0 Å². The van der Waals surface area contributed by atoms with Gasteiger partial charge in [0.1, 0.15) is 0 Å². The van der Waals surface area contributed by atoms with Crippen LogP contribution < -0.4 is 0 Å². The third kappa shape index (κ3) is 1.86. The molecule has 2 bridgehead atoms. The second kappa shape index (κ2) is 5.08. The Morgan fingerprint density at radius 3 is 2.41 bits per heavy atom. The van der Waals surface area contributed by atoms with Gasteiger partial charge < -0.3 is 10.2 Å². The Labute approximate surface area is 136 Å². The van der Waals surface area contributed by atoms with Crippen molar-refractivity contribution in [3.8, 4) is 0 Å². The Morgan fingerprint density at radius 1 is 1.09 bits per heavy atom. The average Bonchev–Trinajstić information content (AvgIpc) is 2.94. The first-order chi connectivity index (χ1) is 10.2. The zero-order chi connectivity index (χ0) is 16.3. The molecule has 8 atom stereocenters. The molecular weight excluding hydrogens is 272 g/mol. The quantitative estimate of drug-likeness (QED) is 0.714. The molecule has 0 aromatic rings. The first kappa shape index (κ1) is 16.5. The fourth-order valence-corrected chi connectivity index (χ4v) is 6.65. The Hall–Kier alpha value is -0.340. The molecule has 0 heterocycles. The molecule has 2 nitrogen and oxygen atoms in total. The largest absolute Gasteiger partial charge is 0.393 e. The van der Waals surface area contributed by atoms with Gasteiger partial charge in [0.2, 0.25) is 0 Å². The summed E-state index contributed by atoms with van der Waals surface area (Å²) in [4.78, 5) is 0. The van der Waals surface area contributed by atoms with E-state index in [-0.39, 0.29) is 22.9 Å². The van der Waals surface area contributed by atoms with E-state index in [1.165, 1.54) is 32.1 Å². The van der Waals surface area contributed by atoms with Crippen LogP contribution in [0.25, 0.3) is 0 Å². The Kier molecular flexibility index (Phi) is 3.81. The molecule has 2 N–H and O–H groups in total. The lowest BCUT2D eigenvalue weighted by Crippen LogP contribution is -2.61. The zero-order valence-electron chi connectivity index (χ0n) is 14.8. The Balaban J connectivity index is 2.15. The molecule has 3 rings (SSSR count). The van der Waals surface area contributed by atoms with E-state index in [1.54, 1.807) is 0 Å². The van der Waals surface area contributed by atoms with Crippen molar-refractivity contribution in [3.63, 3.8) is 0 Å². The smallest absolute Gasteiger partial charge is 0.0659 e.